The number of nitrogens with one attached hydrogen (secondary N) is 2. The average Bonchev–Trinajstić information content (AvgIpc) is 2.40. The summed E-state index contributed by atoms with van der Waals surface area (Å²) in [6, 6.07) is 0. The summed E-state index contributed by atoms with van der Waals surface area (Å²) in [7, 11) is 0. The molecular weight excluding hydrogens is 184 g/mol. The molecule has 4 heteroatoms. The van der Waals surface area contributed by atoms with Crippen LogP contribution in [0.25, 0.3) is 0 Å². The molecule has 1 aliphatic rings. The van der Waals surface area contributed by atoms with Crippen LogP contribution in [0.5, 0.6) is 0 Å². The second-order valence-corrected chi connectivity index (χ2v) is 2.73. The van der Waals surface area contributed by atoms with Crippen LogP contribution in [0.3, 0.4) is 0 Å². The van der Waals surface area contributed by atoms with E-state index in [4.69, 9.17) is 10.8 Å². The molecule has 0 aromatic carbocycles. The van der Waals surface area contributed by atoms with Gasteiger partial charge in [0.2, 0.25) is 0 Å². The molecule has 3 nitrogen and oxygen atoms in total. The molecule has 0 spiro atoms. The molecule has 9 heavy (non-hydrogen) atoms. The summed E-state index contributed by atoms with van der Waals surface area (Å²) in [5.74, 6) is 0.514. The Morgan fingerprint density at radius 3 is 2.33 bits per heavy atom. The molecule has 0 unspecified atom stereocenters. The standard InChI is InChI=1S/C5H7BrN2O/c6-5(8)9-4(7)3-1-2-3/h3,7-8H,1-2H2. The van der Waals surface area contributed by atoms with Gasteiger partial charge in [0.25, 0.3) is 4.81 Å². The van der Waals surface area contributed by atoms with Gasteiger partial charge in [-0.1, -0.05) is 0 Å². The van der Waals surface area contributed by atoms with Gasteiger partial charge in [-0.05, 0) is 12.8 Å². The Morgan fingerprint density at radius 1 is 1.44 bits per heavy atom. The zero-order chi connectivity index (χ0) is 6.85. The van der Waals surface area contributed by atoms with E-state index >= 15 is 0 Å². The van der Waals surface area contributed by atoms with Crippen molar-refractivity contribution in [2.24, 2.45) is 5.92 Å². The van der Waals surface area contributed by atoms with E-state index in [1.807, 2.05) is 0 Å². The monoisotopic (exact) mass is 190 g/mol. The van der Waals surface area contributed by atoms with Crippen LogP contribution in [-0.2, 0) is 4.74 Å². The molecule has 0 amide bonds. The van der Waals surface area contributed by atoms with Gasteiger partial charge >= 0.3 is 0 Å². The summed E-state index contributed by atoms with van der Waals surface area (Å²) < 4.78 is 4.66. The fourth-order valence-electron chi connectivity index (χ4n) is 0.525. The van der Waals surface area contributed by atoms with E-state index in [1.165, 1.54) is 0 Å². The lowest BCUT2D eigenvalue weighted by atomic mass is 10.4. The Balaban J connectivity index is 2.26. The highest BCUT2D eigenvalue weighted by Crippen LogP contribution is 2.30. The van der Waals surface area contributed by atoms with Gasteiger partial charge in [0, 0.05) is 21.8 Å². The molecule has 0 saturated heterocycles. The van der Waals surface area contributed by atoms with Crippen molar-refractivity contribution in [1.82, 2.24) is 0 Å². The second-order valence-electron chi connectivity index (χ2n) is 2.01. The topological polar surface area (TPSA) is 56.9 Å². The van der Waals surface area contributed by atoms with Gasteiger partial charge < -0.3 is 4.74 Å². The van der Waals surface area contributed by atoms with Crippen LogP contribution in [0.15, 0.2) is 0 Å². The lowest BCUT2D eigenvalue weighted by molar-refractivity contribution is 0.527. The van der Waals surface area contributed by atoms with Crippen LogP contribution in [0.1, 0.15) is 12.8 Å². The fourth-order valence-corrected chi connectivity index (χ4v) is 0.700. The van der Waals surface area contributed by atoms with Gasteiger partial charge in [-0.25, -0.2) is 0 Å². The Bertz CT molecular complexity index is 153. The molecular formula is C5H7BrN2O. The normalized spacial score (nSPS) is 17.0. The van der Waals surface area contributed by atoms with E-state index in [1.54, 1.807) is 0 Å². The van der Waals surface area contributed by atoms with Crippen LogP contribution in [0.4, 0.5) is 0 Å². The minimum absolute atomic E-state index is 0.0700. The maximum absolute atomic E-state index is 7.14. The summed E-state index contributed by atoms with van der Waals surface area (Å²) in [4.78, 5) is -0.0700. The van der Waals surface area contributed by atoms with Crippen molar-refractivity contribution in [2.75, 3.05) is 0 Å². The summed E-state index contributed by atoms with van der Waals surface area (Å²) in [6.45, 7) is 0. The van der Waals surface area contributed by atoms with Crippen molar-refractivity contribution in [3.63, 3.8) is 0 Å². The van der Waals surface area contributed by atoms with Crippen LogP contribution in [0.2, 0.25) is 0 Å². The molecule has 0 heterocycles. The van der Waals surface area contributed by atoms with Crippen molar-refractivity contribution in [3.05, 3.63) is 0 Å². The summed E-state index contributed by atoms with van der Waals surface area (Å²) >= 11 is 2.79. The van der Waals surface area contributed by atoms with Gasteiger partial charge in [0.1, 0.15) is 0 Å². The molecule has 1 saturated carbocycles. The molecule has 0 aromatic rings. The van der Waals surface area contributed by atoms with Gasteiger partial charge in [-0.15, -0.1) is 0 Å². The van der Waals surface area contributed by atoms with Gasteiger partial charge in [0.05, 0.1) is 0 Å². The van der Waals surface area contributed by atoms with E-state index in [-0.39, 0.29) is 10.7 Å². The van der Waals surface area contributed by atoms with Crippen LogP contribution in [-0.4, -0.2) is 10.7 Å². The van der Waals surface area contributed by atoms with Gasteiger partial charge in [-0.2, -0.15) is 0 Å². The molecule has 1 aliphatic carbocycles. The number of ether oxygens (including phenoxy) is 1. The Hall–Kier alpha value is -0.380. The Labute approximate surface area is 61.5 Å². The van der Waals surface area contributed by atoms with Crippen LogP contribution in [0, 0.1) is 16.7 Å². The Kier molecular flexibility index (Phi) is 1.85. The van der Waals surface area contributed by atoms with E-state index < -0.39 is 0 Å². The minimum atomic E-state index is -0.0700. The maximum Gasteiger partial charge on any atom is 0.257 e. The van der Waals surface area contributed by atoms with Crippen molar-refractivity contribution < 1.29 is 4.74 Å². The molecule has 0 atom stereocenters. The largest absolute Gasteiger partial charge is 0.419 e. The summed E-state index contributed by atoms with van der Waals surface area (Å²) in [5, 5.41) is 13.9. The average molecular weight is 191 g/mol. The zero-order valence-electron chi connectivity index (χ0n) is 4.78. The fraction of sp³-hybridized carbons (Fsp3) is 0.600. The van der Waals surface area contributed by atoms with E-state index in [0.29, 0.717) is 5.92 Å². The van der Waals surface area contributed by atoms with Crippen LogP contribution < -0.4 is 0 Å². The predicted molar refractivity (Wildman–Crippen MR) is 38.2 cm³/mol. The zero-order valence-corrected chi connectivity index (χ0v) is 6.36. The molecule has 1 rings (SSSR count). The van der Waals surface area contributed by atoms with Crippen molar-refractivity contribution in [2.45, 2.75) is 12.8 Å². The Morgan fingerprint density at radius 2 is 2.00 bits per heavy atom. The van der Waals surface area contributed by atoms with Crippen LogP contribution >= 0.6 is 15.9 Å². The van der Waals surface area contributed by atoms with Gasteiger partial charge in [-0.3, -0.25) is 10.8 Å². The third-order valence-corrected chi connectivity index (χ3v) is 1.31. The van der Waals surface area contributed by atoms with E-state index in [2.05, 4.69) is 20.7 Å². The summed E-state index contributed by atoms with van der Waals surface area (Å²) in [6.07, 6.45) is 2.08. The lowest BCUT2D eigenvalue weighted by Gasteiger charge is -1.98. The molecule has 0 aliphatic heterocycles. The minimum Gasteiger partial charge on any atom is -0.419 e. The van der Waals surface area contributed by atoms with E-state index in [9.17, 15) is 0 Å². The highest BCUT2D eigenvalue weighted by Gasteiger charge is 2.28. The molecule has 2 N–H and O–H groups in total. The maximum atomic E-state index is 7.14. The first-order valence-corrected chi connectivity index (χ1v) is 3.50. The molecule has 1 fully saturated rings. The third kappa shape index (κ3) is 2.13. The molecule has 50 valence electrons. The van der Waals surface area contributed by atoms with Crippen molar-refractivity contribution >= 4 is 26.6 Å². The number of hydrogen-bond acceptors (Lipinski definition) is 3. The molecule has 0 aromatic heterocycles. The predicted octanol–water partition coefficient (Wildman–Crippen LogP) is 1.72. The lowest BCUT2D eigenvalue weighted by Crippen LogP contribution is -2.06. The third-order valence-electron chi connectivity index (χ3n) is 1.15. The smallest absolute Gasteiger partial charge is 0.257 e. The SMILES string of the molecule is N=C(Br)OC(=N)C1CC1. The first-order valence-electron chi connectivity index (χ1n) is 2.70. The quantitative estimate of drug-likeness (QED) is 0.481. The summed E-state index contributed by atoms with van der Waals surface area (Å²) in [5.41, 5.74) is 0. The second kappa shape index (κ2) is 2.47. The van der Waals surface area contributed by atoms with Gasteiger partial charge in [0.15, 0.2) is 5.90 Å². The number of hydrogen-bond donors (Lipinski definition) is 2. The first-order chi connectivity index (χ1) is 4.20. The van der Waals surface area contributed by atoms with E-state index in [0.717, 1.165) is 12.8 Å². The molecule has 0 bridgehead atoms. The number of rotatable bonds is 1. The van der Waals surface area contributed by atoms with Crippen molar-refractivity contribution in [1.29, 1.82) is 10.8 Å². The highest BCUT2D eigenvalue weighted by molar-refractivity contribution is 9.18. The molecule has 0 radical (unpaired) electrons. The number of halogens is 1. The highest BCUT2D eigenvalue weighted by atomic mass is 79.9. The first kappa shape index (κ1) is 6.74. The van der Waals surface area contributed by atoms with Crippen molar-refractivity contribution in [3.8, 4) is 0 Å².